The Balaban J connectivity index is 2.22. The summed E-state index contributed by atoms with van der Waals surface area (Å²) in [6.45, 7) is 1.86. The molecule has 0 atom stereocenters. The van der Waals surface area contributed by atoms with Crippen LogP contribution in [0.25, 0.3) is 0 Å². The summed E-state index contributed by atoms with van der Waals surface area (Å²) in [4.78, 5) is 12.5. The normalized spacial score (nSPS) is 10.3. The van der Waals surface area contributed by atoms with Gasteiger partial charge in [0, 0.05) is 0 Å². The fraction of sp³-hybridized carbons (Fsp3) is 0.0833. The maximum atomic E-state index is 12.8. The van der Waals surface area contributed by atoms with E-state index in [0.717, 1.165) is 5.56 Å². The van der Waals surface area contributed by atoms with Crippen LogP contribution in [0.15, 0.2) is 29.6 Å². The zero-order valence-electron chi connectivity index (χ0n) is 8.96. The third kappa shape index (κ3) is 2.65. The lowest BCUT2D eigenvalue weighted by Crippen LogP contribution is -2.11. The molecule has 0 saturated carbocycles. The Kier molecular flexibility index (Phi) is 3.45. The van der Waals surface area contributed by atoms with Crippen molar-refractivity contribution in [3.05, 3.63) is 50.9 Å². The Bertz CT molecular complexity index is 567. The maximum Gasteiger partial charge on any atom is 0.266 e. The van der Waals surface area contributed by atoms with Crippen molar-refractivity contribution in [1.82, 2.24) is 0 Å². The molecule has 0 spiro atoms. The third-order valence-electron chi connectivity index (χ3n) is 2.25. The Morgan fingerprint density at radius 1 is 1.41 bits per heavy atom. The van der Waals surface area contributed by atoms with Crippen molar-refractivity contribution in [3.63, 3.8) is 0 Å². The van der Waals surface area contributed by atoms with Crippen molar-refractivity contribution in [2.24, 2.45) is 0 Å². The molecule has 0 saturated heterocycles. The number of thiophene rings is 1. The SMILES string of the molecule is Cc1ccsc1C(=O)Nc1ccc(F)cc1Cl. The van der Waals surface area contributed by atoms with Gasteiger partial charge >= 0.3 is 0 Å². The predicted molar refractivity (Wildman–Crippen MR) is 68.4 cm³/mol. The Morgan fingerprint density at radius 3 is 2.76 bits per heavy atom. The van der Waals surface area contributed by atoms with E-state index >= 15 is 0 Å². The Labute approximate surface area is 107 Å². The Morgan fingerprint density at radius 2 is 2.18 bits per heavy atom. The van der Waals surface area contributed by atoms with Crippen molar-refractivity contribution < 1.29 is 9.18 Å². The lowest BCUT2D eigenvalue weighted by atomic mass is 10.2. The van der Waals surface area contributed by atoms with Gasteiger partial charge in [-0.2, -0.15) is 0 Å². The molecular formula is C12H9ClFNOS. The summed E-state index contributed by atoms with van der Waals surface area (Å²) >= 11 is 7.18. The van der Waals surface area contributed by atoms with Crippen LogP contribution in [0.2, 0.25) is 5.02 Å². The van der Waals surface area contributed by atoms with Crippen molar-refractivity contribution >= 4 is 34.5 Å². The highest BCUT2D eigenvalue weighted by atomic mass is 35.5. The number of aryl methyl sites for hydroxylation is 1. The minimum Gasteiger partial charge on any atom is -0.320 e. The molecule has 2 rings (SSSR count). The molecular weight excluding hydrogens is 261 g/mol. The van der Waals surface area contributed by atoms with Crippen molar-refractivity contribution in [2.45, 2.75) is 6.92 Å². The van der Waals surface area contributed by atoms with E-state index in [0.29, 0.717) is 10.6 Å². The van der Waals surface area contributed by atoms with Gasteiger partial charge in [0.15, 0.2) is 0 Å². The first-order chi connectivity index (χ1) is 8.08. The van der Waals surface area contributed by atoms with Crippen molar-refractivity contribution in [3.8, 4) is 0 Å². The molecule has 1 amide bonds. The summed E-state index contributed by atoms with van der Waals surface area (Å²) in [5.41, 5.74) is 1.32. The maximum absolute atomic E-state index is 12.8. The number of benzene rings is 1. The van der Waals surface area contributed by atoms with Gasteiger partial charge < -0.3 is 5.32 Å². The zero-order valence-corrected chi connectivity index (χ0v) is 10.5. The van der Waals surface area contributed by atoms with Crippen LogP contribution < -0.4 is 5.32 Å². The number of hydrogen-bond acceptors (Lipinski definition) is 2. The van der Waals surface area contributed by atoms with E-state index in [1.54, 1.807) is 0 Å². The van der Waals surface area contributed by atoms with Gasteiger partial charge in [-0.3, -0.25) is 4.79 Å². The minimum atomic E-state index is -0.430. The van der Waals surface area contributed by atoms with Gasteiger partial charge in [0.2, 0.25) is 0 Å². The molecule has 1 aromatic heterocycles. The smallest absolute Gasteiger partial charge is 0.266 e. The molecule has 2 aromatic rings. The van der Waals surface area contributed by atoms with Gasteiger partial charge in [0.1, 0.15) is 5.82 Å². The molecule has 0 fully saturated rings. The van der Waals surface area contributed by atoms with E-state index in [-0.39, 0.29) is 10.9 Å². The van der Waals surface area contributed by atoms with Gasteiger partial charge in [0.25, 0.3) is 5.91 Å². The van der Waals surface area contributed by atoms with Crippen LogP contribution in [-0.2, 0) is 0 Å². The molecule has 0 unspecified atom stereocenters. The minimum absolute atomic E-state index is 0.188. The van der Waals surface area contributed by atoms with Crippen LogP contribution in [0.4, 0.5) is 10.1 Å². The summed E-state index contributed by atoms with van der Waals surface area (Å²) in [5.74, 6) is -0.661. The van der Waals surface area contributed by atoms with E-state index in [1.165, 1.54) is 29.5 Å². The fourth-order valence-corrected chi connectivity index (χ4v) is 2.41. The second-order valence-corrected chi connectivity index (χ2v) is 4.83. The first kappa shape index (κ1) is 12.1. The van der Waals surface area contributed by atoms with Gasteiger partial charge in [-0.15, -0.1) is 11.3 Å². The lowest BCUT2D eigenvalue weighted by molar-refractivity contribution is 0.103. The molecule has 0 aliphatic heterocycles. The topological polar surface area (TPSA) is 29.1 Å². The molecule has 0 aliphatic carbocycles. The summed E-state index contributed by atoms with van der Waals surface area (Å²) in [7, 11) is 0. The lowest BCUT2D eigenvalue weighted by Gasteiger charge is -2.06. The third-order valence-corrected chi connectivity index (χ3v) is 3.58. The number of anilines is 1. The monoisotopic (exact) mass is 269 g/mol. The van der Waals surface area contributed by atoms with Crippen LogP contribution >= 0.6 is 22.9 Å². The number of carbonyl (C=O) groups excluding carboxylic acids is 1. The molecule has 1 aromatic carbocycles. The van der Waals surface area contributed by atoms with Gasteiger partial charge in [0.05, 0.1) is 15.6 Å². The summed E-state index contributed by atoms with van der Waals surface area (Å²) < 4.78 is 12.8. The number of carbonyl (C=O) groups is 1. The quantitative estimate of drug-likeness (QED) is 0.874. The van der Waals surface area contributed by atoms with Crippen LogP contribution in [0.5, 0.6) is 0 Å². The molecule has 88 valence electrons. The molecule has 17 heavy (non-hydrogen) atoms. The molecule has 0 aliphatic rings. The number of halogens is 2. The van der Waals surface area contributed by atoms with Crippen LogP contribution in [0.3, 0.4) is 0 Å². The average molecular weight is 270 g/mol. The van der Waals surface area contributed by atoms with Gasteiger partial charge in [-0.1, -0.05) is 11.6 Å². The van der Waals surface area contributed by atoms with Crippen LogP contribution in [-0.4, -0.2) is 5.91 Å². The molecule has 2 nitrogen and oxygen atoms in total. The van der Waals surface area contributed by atoms with Crippen LogP contribution in [0, 0.1) is 12.7 Å². The van der Waals surface area contributed by atoms with Gasteiger partial charge in [-0.25, -0.2) is 4.39 Å². The molecule has 1 heterocycles. The van der Waals surface area contributed by atoms with Crippen LogP contribution in [0.1, 0.15) is 15.2 Å². The Hall–Kier alpha value is -1.39. The highest BCUT2D eigenvalue weighted by Crippen LogP contribution is 2.24. The molecule has 5 heteroatoms. The number of amides is 1. The zero-order chi connectivity index (χ0) is 12.4. The van der Waals surface area contributed by atoms with E-state index in [9.17, 15) is 9.18 Å². The summed E-state index contributed by atoms with van der Waals surface area (Å²) in [6.07, 6.45) is 0. The summed E-state index contributed by atoms with van der Waals surface area (Å²) in [5, 5.41) is 4.68. The van der Waals surface area contributed by atoms with E-state index in [1.807, 2.05) is 18.4 Å². The molecule has 0 bridgehead atoms. The van der Waals surface area contributed by atoms with Crippen molar-refractivity contribution in [2.75, 3.05) is 5.32 Å². The van der Waals surface area contributed by atoms with E-state index in [4.69, 9.17) is 11.6 Å². The fourth-order valence-electron chi connectivity index (χ4n) is 1.38. The second-order valence-electron chi connectivity index (χ2n) is 3.51. The van der Waals surface area contributed by atoms with Crippen molar-refractivity contribution in [1.29, 1.82) is 0 Å². The average Bonchev–Trinajstić information content (AvgIpc) is 2.68. The summed E-state index contributed by atoms with van der Waals surface area (Å²) in [6, 6.07) is 5.73. The number of rotatable bonds is 2. The second kappa shape index (κ2) is 4.85. The molecule has 0 radical (unpaired) electrons. The first-order valence-electron chi connectivity index (χ1n) is 4.88. The van der Waals surface area contributed by atoms with Gasteiger partial charge in [-0.05, 0) is 42.1 Å². The first-order valence-corrected chi connectivity index (χ1v) is 6.14. The molecule has 1 N–H and O–H groups in total. The largest absolute Gasteiger partial charge is 0.320 e. The number of nitrogens with one attached hydrogen (secondary N) is 1. The predicted octanol–water partition coefficient (Wildman–Crippen LogP) is 4.10. The standard InChI is InChI=1S/C12H9ClFNOS/c1-7-4-5-17-11(7)12(16)15-10-3-2-8(14)6-9(10)13/h2-6H,1H3,(H,15,16). The highest BCUT2D eigenvalue weighted by molar-refractivity contribution is 7.12. The van der Waals surface area contributed by atoms with E-state index < -0.39 is 5.82 Å². The highest BCUT2D eigenvalue weighted by Gasteiger charge is 2.12. The van der Waals surface area contributed by atoms with E-state index in [2.05, 4.69) is 5.32 Å². The number of hydrogen-bond donors (Lipinski definition) is 1.